The van der Waals surface area contributed by atoms with Gasteiger partial charge < -0.3 is 15.1 Å². The molecule has 2 saturated carbocycles. The monoisotopic (exact) mass is 375 g/mol. The first-order chi connectivity index (χ1) is 13.1. The molecule has 0 aromatic rings. The lowest BCUT2D eigenvalue weighted by Gasteiger charge is -2.37. The van der Waals surface area contributed by atoms with E-state index >= 15 is 0 Å². The highest BCUT2D eigenvalue weighted by atomic mass is 16.2. The molecule has 3 aliphatic heterocycles. The summed E-state index contributed by atoms with van der Waals surface area (Å²) >= 11 is 0. The third-order valence-corrected chi connectivity index (χ3v) is 7.69. The van der Waals surface area contributed by atoms with Gasteiger partial charge in [-0.25, -0.2) is 5.43 Å². The molecule has 7 nitrogen and oxygen atoms in total. The molecule has 3 heterocycles. The minimum atomic E-state index is -0.213. The molecule has 0 spiro atoms. The number of hydrazine groups is 1. The molecule has 0 aromatic carbocycles. The van der Waals surface area contributed by atoms with E-state index in [4.69, 9.17) is 0 Å². The van der Waals surface area contributed by atoms with Crippen LogP contribution in [0.2, 0.25) is 0 Å². The summed E-state index contributed by atoms with van der Waals surface area (Å²) in [6.45, 7) is 1.48. The van der Waals surface area contributed by atoms with E-state index in [-0.39, 0.29) is 35.9 Å². The van der Waals surface area contributed by atoms with E-state index in [2.05, 4.69) is 16.2 Å². The maximum absolute atomic E-state index is 13.2. The van der Waals surface area contributed by atoms with Gasteiger partial charge in [0.1, 0.15) is 6.04 Å². The molecule has 6 atom stereocenters. The summed E-state index contributed by atoms with van der Waals surface area (Å²) < 4.78 is 0. The summed E-state index contributed by atoms with van der Waals surface area (Å²) in [5.74, 6) is 1.29. The van der Waals surface area contributed by atoms with Crippen LogP contribution in [0.25, 0.3) is 0 Å². The van der Waals surface area contributed by atoms with E-state index in [0.29, 0.717) is 24.5 Å². The Morgan fingerprint density at radius 2 is 1.81 bits per heavy atom. The first-order valence-corrected chi connectivity index (χ1v) is 10.9. The number of likely N-dealkylation sites (N-methyl/N-ethyl adjacent to an activating group) is 1. The maximum atomic E-state index is 13.2. The molecule has 5 rings (SSSR count). The van der Waals surface area contributed by atoms with E-state index in [0.717, 1.165) is 32.2 Å². The number of rotatable bonds is 3. The number of carbonyl (C=O) groups is 2. The summed E-state index contributed by atoms with van der Waals surface area (Å²) in [6, 6.07) is 1.03. The third-order valence-electron chi connectivity index (χ3n) is 7.69. The van der Waals surface area contributed by atoms with Crippen LogP contribution in [0.4, 0.5) is 0 Å². The molecule has 6 unspecified atom stereocenters. The van der Waals surface area contributed by atoms with Crippen LogP contribution >= 0.6 is 0 Å². The summed E-state index contributed by atoms with van der Waals surface area (Å²) in [5.41, 5.74) is 6.56. The van der Waals surface area contributed by atoms with Gasteiger partial charge in [-0.05, 0) is 44.4 Å². The van der Waals surface area contributed by atoms with E-state index in [9.17, 15) is 9.59 Å². The number of hydrogen-bond donors (Lipinski definition) is 3. The zero-order valence-corrected chi connectivity index (χ0v) is 16.3. The normalized spacial score (nSPS) is 41.1. The second-order valence-electron chi connectivity index (χ2n) is 9.40. The Balaban J connectivity index is 1.23. The Morgan fingerprint density at radius 3 is 2.59 bits per heavy atom. The number of hydrogen-bond acceptors (Lipinski definition) is 5. The second kappa shape index (κ2) is 7.01. The highest BCUT2D eigenvalue weighted by Gasteiger charge is 2.48. The van der Waals surface area contributed by atoms with Crippen molar-refractivity contribution in [3.8, 4) is 0 Å². The SMILES string of the molecule is CN(C(=O)C1NNC2CCN(C(=O)C3CC4CCCCC4N3)CC21)C1CC1. The van der Waals surface area contributed by atoms with E-state index in [1.807, 2.05) is 16.8 Å². The van der Waals surface area contributed by atoms with Gasteiger partial charge in [0.25, 0.3) is 0 Å². The number of nitrogens with zero attached hydrogens (tertiary/aromatic N) is 2. The molecule has 150 valence electrons. The van der Waals surface area contributed by atoms with Crippen molar-refractivity contribution in [1.29, 1.82) is 0 Å². The van der Waals surface area contributed by atoms with Crippen molar-refractivity contribution in [2.75, 3.05) is 20.1 Å². The zero-order valence-electron chi connectivity index (χ0n) is 16.3. The number of nitrogens with one attached hydrogen (secondary N) is 3. The quantitative estimate of drug-likeness (QED) is 0.658. The van der Waals surface area contributed by atoms with Crippen molar-refractivity contribution in [2.24, 2.45) is 11.8 Å². The van der Waals surface area contributed by atoms with Crippen molar-refractivity contribution in [3.05, 3.63) is 0 Å². The molecule has 5 aliphatic rings. The lowest BCUT2D eigenvalue weighted by molar-refractivity contribution is -0.138. The lowest BCUT2D eigenvalue weighted by Crippen LogP contribution is -2.55. The van der Waals surface area contributed by atoms with E-state index < -0.39 is 0 Å². The Hall–Kier alpha value is -1.18. The summed E-state index contributed by atoms with van der Waals surface area (Å²) in [7, 11) is 1.92. The van der Waals surface area contributed by atoms with Crippen LogP contribution in [0, 0.1) is 11.8 Å². The molecule has 2 amide bonds. The number of carbonyl (C=O) groups excluding carboxylic acids is 2. The van der Waals surface area contributed by atoms with Gasteiger partial charge in [0, 0.05) is 44.2 Å². The zero-order chi connectivity index (χ0) is 18.5. The molecule has 0 bridgehead atoms. The van der Waals surface area contributed by atoms with Gasteiger partial charge in [-0.2, -0.15) is 0 Å². The fraction of sp³-hybridized carbons (Fsp3) is 0.900. The topological polar surface area (TPSA) is 76.7 Å². The summed E-state index contributed by atoms with van der Waals surface area (Å²) in [6.07, 6.45) is 9.25. The predicted octanol–water partition coefficient (Wildman–Crippen LogP) is 0.221. The van der Waals surface area contributed by atoms with Crippen molar-refractivity contribution in [3.63, 3.8) is 0 Å². The minimum Gasteiger partial charge on any atom is -0.341 e. The van der Waals surface area contributed by atoms with Gasteiger partial charge in [0.15, 0.2) is 0 Å². The first-order valence-electron chi connectivity index (χ1n) is 10.9. The Morgan fingerprint density at radius 1 is 1.00 bits per heavy atom. The second-order valence-corrected chi connectivity index (χ2v) is 9.40. The van der Waals surface area contributed by atoms with Crippen LogP contribution in [0.5, 0.6) is 0 Å². The standard InChI is InChI=1S/C20H33N5O2/c1-24(13-6-7-13)20(27)18-14-11-25(9-8-16(14)22-23-18)19(26)17-10-12-4-2-3-5-15(12)21-17/h12-18,21-23H,2-11H2,1H3. The summed E-state index contributed by atoms with van der Waals surface area (Å²) in [4.78, 5) is 30.0. The van der Waals surface area contributed by atoms with Crippen LogP contribution in [0.1, 0.15) is 51.4 Å². The molecule has 0 radical (unpaired) electrons. The predicted molar refractivity (Wildman–Crippen MR) is 102 cm³/mol. The molecule has 2 aliphatic carbocycles. The van der Waals surface area contributed by atoms with Crippen molar-refractivity contribution in [1.82, 2.24) is 26.0 Å². The smallest absolute Gasteiger partial charge is 0.241 e. The molecular formula is C20H33N5O2. The molecule has 5 fully saturated rings. The highest BCUT2D eigenvalue weighted by Crippen LogP contribution is 2.35. The van der Waals surface area contributed by atoms with Crippen LogP contribution in [0.15, 0.2) is 0 Å². The summed E-state index contributed by atoms with van der Waals surface area (Å²) in [5, 5.41) is 3.63. The molecule has 3 N–H and O–H groups in total. The Labute approximate surface area is 161 Å². The largest absolute Gasteiger partial charge is 0.341 e. The lowest BCUT2D eigenvalue weighted by atomic mass is 9.84. The fourth-order valence-corrected chi connectivity index (χ4v) is 5.84. The van der Waals surface area contributed by atoms with Gasteiger partial charge in [-0.3, -0.25) is 15.0 Å². The van der Waals surface area contributed by atoms with Crippen LogP contribution < -0.4 is 16.2 Å². The average molecular weight is 376 g/mol. The third kappa shape index (κ3) is 3.28. The van der Waals surface area contributed by atoms with Gasteiger partial charge >= 0.3 is 0 Å². The van der Waals surface area contributed by atoms with Crippen LogP contribution in [0.3, 0.4) is 0 Å². The average Bonchev–Trinajstić information content (AvgIpc) is 3.31. The molecule has 7 heteroatoms. The molecule has 0 aromatic heterocycles. The van der Waals surface area contributed by atoms with Gasteiger partial charge in [0.2, 0.25) is 11.8 Å². The van der Waals surface area contributed by atoms with Crippen molar-refractivity contribution in [2.45, 2.75) is 81.6 Å². The number of piperidine rings is 1. The van der Waals surface area contributed by atoms with E-state index in [1.165, 1.54) is 25.7 Å². The number of likely N-dealkylation sites (tertiary alicyclic amines) is 1. The minimum absolute atomic E-state index is 0.0136. The Kier molecular flexibility index (Phi) is 4.64. The highest BCUT2D eigenvalue weighted by molar-refractivity contribution is 5.84. The fourth-order valence-electron chi connectivity index (χ4n) is 5.84. The number of amides is 2. The Bertz CT molecular complexity index is 595. The van der Waals surface area contributed by atoms with Crippen LogP contribution in [-0.4, -0.2) is 72.0 Å². The first kappa shape index (κ1) is 17.9. The van der Waals surface area contributed by atoms with E-state index in [1.54, 1.807) is 0 Å². The van der Waals surface area contributed by atoms with Crippen molar-refractivity contribution < 1.29 is 9.59 Å². The number of fused-ring (bicyclic) bond motifs is 2. The molecular weight excluding hydrogens is 342 g/mol. The van der Waals surface area contributed by atoms with Crippen molar-refractivity contribution >= 4 is 11.8 Å². The molecule has 3 saturated heterocycles. The van der Waals surface area contributed by atoms with Gasteiger partial charge in [0.05, 0.1) is 6.04 Å². The maximum Gasteiger partial charge on any atom is 0.241 e. The van der Waals surface area contributed by atoms with Crippen LogP contribution in [-0.2, 0) is 9.59 Å². The van der Waals surface area contributed by atoms with Gasteiger partial charge in [-0.1, -0.05) is 12.8 Å². The molecule has 27 heavy (non-hydrogen) atoms. The van der Waals surface area contributed by atoms with Gasteiger partial charge in [-0.15, -0.1) is 0 Å².